The van der Waals surface area contributed by atoms with Gasteiger partial charge in [-0.05, 0) is 20.0 Å². The summed E-state index contributed by atoms with van der Waals surface area (Å²) in [7, 11) is -2.12. The van der Waals surface area contributed by atoms with Crippen molar-refractivity contribution in [2.45, 2.75) is 13.0 Å². The fourth-order valence-electron chi connectivity index (χ4n) is 3.86. The second-order valence-electron chi connectivity index (χ2n) is 7.74. The Bertz CT molecular complexity index is 1200. The molecule has 11 heteroatoms. The number of aromatic nitrogens is 1. The van der Waals surface area contributed by atoms with Crippen LogP contribution in [0.25, 0.3) is 10.9 Å². The fourth-order valence-corrected chi connectivity index (χ4v) is 4.23. The molecule has 0 bridgehead atoms. The number of benzene rings is 1. The summed E-state index contributed by atoms with van der Waals surface area (Å²) in [6.45, 7) is 4.75. The molecule has 2 aromatic rings. The Balaban J connectivity index is 1.94. The van der Waals surface area contributed by atoms with Crippen LogP contribution in [-0.4, -0.2) is 69.9 Å². The van der Waals surface area contributed by atoms with Crippen molar-refractivity contribution in [1.82, 2.24) is 9.47 Å². The van der Waals surface area contributed by atoms with Gasteiger partial charge in [0, 0.05) is 32.4 Å². The predicted octanol–water partition coefficient (Wildman–Crippen LogP) is 0.962. The molecular formula is C19H22FN3O6S. The standard InChI is InChI=1S/C19H22FN3O6S/c1-11-10-28-18-15-12(8-14(20)16(18)22-6-4-21(2)5-7-22)17(24)13(9-23(11)15)19(25)29-30(3,26)27/h8-9,11H,4-7,10H2,1-3H3/t11-/m0/s1. The van der Waals surface area contributed by atoms with E-state index in [1.54, 1.807) is 4.57 Å². The van der Waals surface area contributed by atoms with Gasteiger partial charge in [0.25, 0.3) is 0 Å². The molecule has 4 rings (SSSR count). The molecule has 2 aliphatic heterocycles. The first-order valence-electron chi connectivity index (χ1n) is 9.48. The van der Waals surface area contributed by atoms with Crippen LogP contribution in [0.4, 0.5) is 10.1 Å². The summed E-state index contributed by atoms with van der Waals surface area (Å²) in [5.74, 6) is -1.67. The first kappa shape index (κ1) is 20.6. The third kappa shape index (κ3) is 3.52. The van der Waals surface area contributed by atoms with Crippen LogP contribution in [0.15, 0.2) is 17.1 Å². The van der Waals surface area contributed by atoms with Gasteiger partial charge in [0.2, 0.25) is 5.43 Å². The highest BCUT2D eigenvalue weighted by Crippen LogP contribution is 2.42. The van der Waals surface area contributed by atoms with Crippen molar-refractivity contribution >= 4 is 32.7 Å². The average molecular weight is 439 g/mol. The molecule has 2 aliphatic rings. The van der Waals surface area contributed by atoms with Crippen LogP contribution in [0.1, 0.15) is 23.3 Å². The minimum Gasteiger partial charge on any atom is -0.487 e. The van der Waals surface area contributed by atoms with Gasteiger partial charge >= 0.3 is 16.1 Å². The van der Waals surface area contributed by atoms with Crippen LogP contribution in [-0.2, 0) is 14.3 Å². The Morgan fingerprint density at radius 3 is 2.57 bits per heavy atom. The molecule has 0 radical (unpaired) electrons. The quantitative estimate of drug-likeness (QED) is 0.653. The van der Waals surface area contributed by atoms with Crippen LogP contribution in [0, 0.1) is 5.82 Å². The van der Waals surface area contributed by atoms with Crippen LogP contribution in [0.3, 0.4) is 0 Å². The Labute approximate surface area is 172 Å². The summed E-state index contributed by atoms with van der Waals surface area (Å²) in [6, 6.07) is 0.820. The first-order valence-corrected chi connectivity index (χ1v) is 11.3. The number of likely N-dealkylation sites (N-methyl/N-ethyl adjacent to an activating group) is 1. The molecule has 30 heavy (non-hydrogen) atoms. The maximum atomic E-state index is 15.2. The second kappa shape index (κ2) is 7.24. The first-order chi connectivity index (χ1) is 14.1. The highest BCUT2D eigenvalue weighted by molar-refractivity contribution is 7.86. The summed E-state index contributed by atoms with van der Waals surface area (Å²) in [4.78, 5) is 29.2. The lowest BCUT2D eigenvalue weighted by Crippen LogP contribution is -2.45. The van der Waals surface area contributed by atoms with Crippen molar-refractivity contribution in [2.24, 2.45) is 0 Å². The van der Waals surface area contributed by atoms with Gasteiger partial charge in [0.15, 0.2) is 11.6 Å². The molecule has 1 saturated heterocycles. The van der Waals surface area contributed by atoms with Crippen molar-refractivity contribution < 1.29 is 26.5 Å². The molecule has 0 N–H and O–H groups in total. The Hall–Kier alpha value is -2.66. The van der Waals surface area contributed by atoms with Crippen molar-refractivity contribution in [2.75, 3.05) is 51.0 Å². The molecule has 0 amide bonds. The normalized spacial score (nSPS) is 19.6. The van der Waals surface area contributed by atoms with Gasteiger partial charge < -0.3 is 23.3 Å². The van der Waals surface area contributed by atoms with Crippen molar-refractivity contribution in [3.05, 3.63) is 33.9 Å². The Morgan fingerprint density at radius 2 is 1.93 bits per heavy atom. The van der Waals surface area contributed by atoms with Crippen molar-refractivity contribution in [3.8, 4) is 5.75 Å². The number of hydrogen-bond donors (Lipinski definition) is 0. The lowest BCUT2D eigenvalue weighted by Gasteiger charge is -2.37. The largest absolute Gasteiger partial charge is 0.487 e. The molecule has 1 atom stereocenters. The van der Waals surface area contributed by atoms with E-state index in [0.29, 0.717) is 30.5 Å². The molecule has 1 aromatic carbocycles. The van der Waals surface area contributed by atoms with Crippen molar-refractivity contribution in [1.29, 1.82) is 0 Å². The maximum Gasteiger partial charge on any atom is 0.359 e. The lowest BCUT2D eigenvalue weighted by atomic mass is 10.1. The van der Waals surface area contributed by atoms with E-state index in [-0.39, 0.29) is 23.8 Å². The minimum atomic E-state index is -4.11. The molecule has 162 valence electrons. The van der Waals surface area contributed by atoms with Crippen LogP contribution in [0.5, 0.6) is 5.75 Å². The monoisotopic (exact) mass is 439 g/mol. The van der Waals surface area contributed by atoms with E-state index >= 15 is 4.39 Å². The van der Waals surface area contributed by atoms with Gasteiger partial charge in [0.05, 0.1) is 23.2 Å². The minimum absolute atomic E-state index is 0.0603. The van der Waals surface area contributed by atoms with E-state index < -0.39 is 32.9 Å². The number of hydrogen-bond acceptors (Lipinski definition) is 8. The van der Waals surface area contributed by atoms with Gasteiger partial charge in [-0.3, -0.25) is 4.79 Å². The predicted molar refractivity (Wildman–Crippen MR) is 108 cm³/mol. The van der Waals surface area contributed by atoms with Gasteiger partial charge in [0.1, 0.15) is 17.9 Å². The second-order valence-corrected chi connectivity index (χ2v) is 9.31. The summed E-state index contributed by atoms with van der Waals surface area (Å²) in [6.07, 6.45) is 1.98. The van der Waals surface area contributed by atoms with Gasteiger partial charge in [-0.15, -0.1) is 0 Å². The molecular weight excluding hydrogens is 417 g/mol. The Kier molecular flexibility index (Phi) is 4.97. The third-order valence-electron chi connectivity index (χ3n) is 5.41. The number of carbonyl (C=O) groups excluding carboxylic acids is 1. The van der Waals surface area contributed by atoms with E-state index in [1.165, 1.54) is 6.20 Å². The fraction of sp³-hybridized carbons (Fsp3) is 0.474. The van der Waals surface area contributed by atoms with Gasteiger partial charge in [-0.1, -0.05) is 0 Å². The smallest absolute Gasteiger partial charge is 0.359 e. The summed E-state index contributed by atoms with van der Waals surface area (Å²) in [5.41, 5.74) is -0.607. The number of anilines is 1. The number of ether oxygens (including phenoxy) is 1. The highest BCUT2D eigenvalue weighted by atomic mass is 32.2. The van der Waals surface area contributed by atoms with E-state index in [0.717, 1.165) is 19.2 Å². The average Bonchev–Trinajstić information content (AvgIpc) is 2.65. The third-order valence-corrected chi connectivity index (χ3v) is 5.86. The van der Waals surface area contributed by atoms with Gasteiger partial charge in [-0.25, -0.2) is 9.18 Å². The molecule has 0 saturated carbocycles. The summed E-state index contributed by atoms with van der Waals surface area (Å²) >= 11 is 0. The zero-order chi connectivity index (χ0) is 21.8. The van der Waals surface area contributed by atoms with Crippen molar-refractivity contribution in [3.63, 3.8) is 0 Å². The number of rotatable bonds is 3. The van der Waals surface area contributed by atoms with Crippen LogP contribution >= 0.6 is 0 Å². The number of piperazine rings is 1. The zero-order valence-electron chi connectivity index (χ0n) is 16.8. The lowest BCUT2D eigenvalue weighted by molar-refractivity contribution is 0.0746. The highest BCUT2D eigenvalue weighted by Gasteiger charge is 2.31. The number of pyridine rings is 1. The van der Waals surface area contributed by atoms with E-state index in [4.69, 9.17) is 4.74 Å². The van der Waals surface area contributed by atoms with E-state index in [2.05, 4.69) is 9.08 Å². The topological polar surface area (TPSA) is 98.2 Å². The molecule has 0 aliphatic carbocycles. The SMILES string of the molecule is C[C@H]1COc2c(N3CCN(C)CC3)c(F)cc3c(=O)c(C(=O)OS(C)(=O)=O)cn1c23. The number of halogens is 1. The van der Waals surface area contributed by atoms with Crippen LogP contribution < -0.4 is 15.1 Å². The molecule has 9 nitrogen and oxygen atoms in total. The maximum absolute atomic E-state index is 15.2. The molecule has 3 heterocycles. The molecule has 1 fully saturated rings. The Morgan fingerprint density at radius 1 is 1.27 bits per heavy atom. The van der Waals surface area contributed by atoms with E-state index in [9.17, 15) is 18.0 Å². The molecule has 0 unspecified atom stereocenters. The number of nitrogens with zero attached hydrogens (tertiary/aromatic N) is 3. The number of carbonyl (C=O) groups is 1. The summed E-state index contributed by atoms with van der Waals surface area (Å²) < 4.78 is 49.7. The zero-order valence-corrected chi connectivity index (χ0v) is 17.7. The van der Waals surface area contributed by atoms with E-state index in [1.807, 2.05) is 18.9 Å². The van der Waals surface area contributed by atoms with Gasteiger partial charge in [-0.2, -0.15) is 8.42 Å². The summed E-state index contributed by atoms with van der Waals surface area (Å²) in [5, 5.41) is -0.0603. The molecule has 1 aromatic heterocycles. The van der Waals surface area contributed by atoms with Crippen LogP contribution in [0.2, 0.25) is 0 Å². The molecule has 0 spiro atoms.